The number of carbonyl (C=O) groups excluding carboxylic acids is 2. The molecule has 5 heteroatoms. The van der Waals surface area contributed by atoms with Gasteiger partial charge in [-0.15, -0.1) is 0 Å². The Hall–Kier alpha value is -2.66. The molecular formula is C20H25N3O2. The van der Waals surface area contributed by atoms with Crippen LogP contribution >= 0.6 is 0 Å². The van der Waals surface area contributed by atoms with Crippen LogP contribution in [0.4, 0.5) is 5.69 Å². The van der Waals surface area contributed by atoms with E-state index in [4.69, 9.17) is 5.73 Å². The lowest BCUT2D eigenvalue weighted by molar-refractivity contribution is -0.125. The van der Waals surface area contributed by atoms with E-state index in [0.29, 0.717) is 11.3 Å². The van der Waals surface area contributed by atoms with E-state index in [0.717, 1.165) is 5.56 Å². The molecule has 0 aliphatic carbocycles. The van der Waals surface area contributed by atoms with Crippen molar-refractivity contribution in [1.29, 1.82) is 0 Å². The number of carbonyl (C=O) groups is 2. The van der Waals surface area contributed by atoms with Crippen LogP contribution in [0.2, 0.25) is 0 Å². The number of nitrogens with two attached hydrogens (primary N) is 1. The molecular weight excluding hydrogens is 314 g/mol. The van der Waals surface area contributed by atoms with E-state index in [2.05, 4.69) is 10.6 Å². The maximum Gasteiger partial charge on any atom is 0.255 e. The van der Waals surface area contributed by atoms with Crippen LogP contribution in [-0.2, 0) is 4.79 Å². The van der Waals surface area contributed by atoms with Gasteiger partial charge in [-0.25, -0.2) is 0 Å². The Morgan fingerprint density at radius 3 is 2.28 bits per heavy atom. The largest absolute Gasteiger partial charge is 0.349 e. The molecule has 0 saturated heterocycles. The molecule has 2 amide bonds. The number of benzene rings is 2. The molecule has 0 spiro atoms. The first-order valence-corrected chi connectivity index (χ1v) is 8.41. The monoisotopic (exact) mass is 339 g/mol. The SMILES string of the molecule is CC(NC(=O)C(C)C(C)N)c1cccc(NC(=O)c2ccccc2)c1. The third kappa shape index (κ3) is 5.16. The van der Waals surface area contributed by atoms with Crippen molar-refractivity contribution in [3.05, 3.63) is 65.7 Å². The van der Waals surface area contributed by atoms with Crippen molar-refractivity contribution < 1.29 is 9.59 Å². The van der Waals surface area contributed by atoms with Crippen molar-refractivity contribution in [2.75, 3.05) is 5.32 Å². The maximum atomic E-state index is 12.2. The van der Waals surface area contributed by atoms with Crippen LogP contribution in [0, 0.1) is 5.92 Å². The van der Waals surface area contributed by atoms with Gasteiger partial charge in [-0.1, -0.05) is 37.3 Å². The molecule has 5 nitrogen and oxygen atoms in total. The quantitative estimate of drug-likeness (QED) is 0.756. The maximum absolute atomic E-state index is 12.2. The summed E-state index contributed by atoms with van der Waals surface area (Å²) in [4.78, 5) is 24.4. The van der Waals surface area contributed by atoms with Crippen molar-refractivity contribution >= 4 is 17.5 Å². The van der Waals surface area contributed by atoms with E-state index in [1.165, 1.54) is 0 Å². The van der Waals surface area contributed by atoms with Crippen LogP contribution < -0.4 is 16.4 Å². The van der Waals surface area contributed by atoms with Crippen LogP contribution in [-0.4, -0.2) is 17.9 Å². The molecule has 4 N–H and O–H groups in total. The third-order valence-corrected chi connectivity index (χ3v) is 4.24. The summed E-state index contributed by atoms with van der Waals surface area (Å²) in [6.45, 7) is 5.53. The molecule has 0 bridgehead atoms. The van der Waals surface area contributed by atoms with Crippen LogP contribution in [0.3, 0.4) is 0 Å². The van der Waals surface area contributed by atoms with Crippen LogP contribution in [0.15, 0.2) is 54.6 Å². The average molecular weight is 339 g/mol. The smallest absolute Gasteiger partial charge is 0.255 e. The molecule has 2 aromatic carbocycles. The molecule has 2 rings (SSSR count). The van der Waals surface area contributed by atoms with Gasteiger partial charge in [0.25, 0.3) is 5.91 Å². The Kier molecular flexibility index (Phi) is 6.31. The fourth-order valence-electron chi connectivity index (χ4n) is 2.35. The first-order chi connectivity index (χ1) is 11.9. The lowest BCUT2D eigenvalue weighted by Crippen LogP contribution is -2.39. The topological polar surface area (TPSA) is 84.2 Å². The average Bonchev–Trinajstić information content (AvgIpc) is 2.61. The highest BCUT2D eigenvalue weighted by Gasteiger charge is 2.19. The minimum absolute atomic E-state index is 0.0822. The summed E-state index contributed by atoms with van der Waals surface area (Å²) in [6.07, 6.45) is 0. The molecule has 0 aromatic heterocycles. The molecule has 0 heterocycles. The van der Waals surface area contributed by atoms with Gasteiger partial charge in [0.15, 0.2) is 0 Å². The zero-order valence-electron chi connectivity index (χ0n) is 14.8. The number of nitrogens with one attached hydrogen (secondary N) is 2. The van der Waals surface area contributed by atoms with Crippen molar-refractivity contribution in [3.63, 3.8) is 0 Å². The summed E-state index contributed by atoms with van der Waals surface area (Å²) in [7, 11) is 0. The standard InChI is InChI=1S/C20H25N3O2/c1-13(14(2)21)19(24)22-15(3)17-10-7-11-18(12-17)23-20(25)16-8-5-4-6-9-16/h4-15H,21H2,1-3H3,(H,22,24)(H,23,25). The second kappa shape index (κ2) is 8.44. The number of amides is 2. The summed E-state index contributed by atoms with van der Waals surface area (Å²) in [5.74, 6) is -0.510. The first-order valence-electron chi connectivity index (χ1n) is 8.41. The Morgan fingerprint density at radius 2 is 1.64 bits per heavy atom. The van der Waals surface area contributed by atoms with E-state index >= 15 is 0 Å². The Morgan fingerprint density at radius 1 is 0.960 bits per heavy atom. The second-order valence-corrected chi connectivity index (χ2v) is 6.32. The van der Waals surface area contributed by atoms with Gasteiger partial charge in [-0.3, -0.25) is 9.59 Å². The lowest BCUT2D eigenvalue weighted by atomic mass is 10.0. The van der Waals surface area contributed by atoms with Gasteiger partial charge in [-0.05, 0) is 43.7 Å². The highest BCUT2D eigenvalue weighted by molar-refractivity contribution is 6.04. The lowest BCUT2D eigenvalue weighted by Gasteiger charge is -2.20. The van der Waals surface area contributed by atoms with E-state index in [1.54, 1.807) is 12.1 Å². The number of hydrogen-bond donors (Lipinski definition) is 3. The summed E-state index contributed by atoms with van der Waals surface area (Å²) in [5, 5.41) is 5.83. The summed E-state index contributed by atoms with van der Waals surface area (Å²) < 4.78 is 0. The Balaban J connectivity index is 2.05. The van der Waals surface area contributed by atoms with Gasteiger partial charge in [0, 0.05) is 23.2 Å². The van der Waals surface area contributed by atoms with Gasteiger partial charge in [-0.2, -0.15) is 0 Å². The number of rotatable bonds is 6. The predicted molar refractivity (Wildman–Crippen MR) is 100 cm³/mol. The van der Waals surface area contributed by atoms with Crippen molar-refractivity contribution in [3.8, 4) is 0 Å². The molecule has 132 valence electrons. The molecule has 0 radical (unpaired) electrons. The van der Waals surface area contributed by atoms with Crippen LogP contribution in [0.5, 0.6) is 0 Å². The van der Waals surface area contributed by atoms with Gasteiger partial charge >= 0.3 is 0 Å². The molecule has 25 heavy (non-hydrogen) atoms. The van der Waals surface area contributed by atoms with E-state index in [-0.39, 0.29) is 29.8 Å². The minimum Gasteiger partial charge on any atom is -0.349 e. The zero-order valence-corrected chi connectivity index (χ0v) is 14.8. The summed E-state index contributed by atoms with van der Waals surface area (Å²) in [5.41, 5.74) is 7.98. The third-order valence-electron chi connectivity index (χ3n) is 4.24. The first kappa shape index (κ1) is 18.7. The van der Waals surface area contributed by atoms with Crippen molar-refractivity contribution in [2.45, 2.75) is 32.9 Å². The van der Waals surface area contributed by atoms with Gasteiger partial charge < -0.3 is 16.4 Å². The highest BCUT2D eigenvalue weighted by atomic mass is 16.2. The van der Waals surface area contributed by atoms with Gasteiger partial charge in [0.05, 0.1) is 6.04 Å². The second-order valence-electron chi connectivity index (χ2n) is 6.32. The van der Waals surface area contributed by atoms with Crippen LogP contribution in [0.25, 0.3) is 0 Å². The number of anilines is 1. The molecule has 0 aliphatic heterocycles. The predicted octanol–water partition coefficient (Wildman–Crippen LogP) is 3.10. The van der Waals surface area contributed by atoms with Gasteiger partial charge in [0.1, 0.15) is 0 Å². The molecule has 0 fully saturated rings. The van der Waals surface area contributed by atoms with Crippen molar-refractivity contribution in [2.24, 2.45) is 11.7 Å². The Bertz CT molecular complexity index is 729. The summed E-state index contributed by atoms with van der Waals surface area (Å²) in [6, 6.07) is 16.1. The molecule has 3 atom stereocenters. The fourth-order valence-corrected chi connectivity index (χ4v) is 2.35. The van der Waals surface area contributed by atoms with E-state index in [1.807, 2.05) is 63.2 Å². The molecule has 0 saturated carbocycles. The minimum atomic E-state index is -0.261. The van der Waals surface area contributed by atoms with E-state index in [9.17, 15) is 9.59 Å². The number of hydrogen-bond acceptors (Lipinski definition) is 3. The fraction of sp³-hybridized carbons (Fsp3) is 0.300. The van der Waals surface area contributed by atoms with Crippen molar-refractivity contribution in [1.82, 2.24) is 5.32 Å². The summed E-state index contributed by atoms with van der Waals surface area (Å²) >= 11 is 0. The zero-order chi connectivity index (χ0) is 18.4. The van der Waals surface area contributed by atoms with Crippen LogP contribution in [0.1, 0.15) is 42.7 Å². The van der Waals surface area contributed by atoms with Gasteiger partial charge in [0.2, 0.25) is 5.91 Å². The molecule has 0 aliphatic rings. The molecule has 2 aromatic rings. The highest BCUT2D eigenvalue weighted by Crippen LogP contribution is 2.19. The Labute approximate surface area is 148 Å². The molecule has 3 unspecified atom stereocenters. The normalized spacial score (nSPS) is 14.2. The van der Waals surface area contributed by atoms with E-state index < -0.39 is 0 Å².